The van der Waals surface area contributed by atoms with Gasteiger partial charge in [-0.05, 0) is 43.4 Å². The summed E-state index contributed by atoms with van der Waals surface area (Å²) in [5.41, 5.74) is 1.10. The Morgan fingerprint density at radius 2 is 2.08 bits per heavy atom. The molecule has 0 aliphatic carbocycles. The van der Waals surface area contributed by atoms with Crippen molar-refractivity contribution in [2.75, 3.05) is 12.4 Å². The standard InChI is InChI=1S/C18H19N3O3S/c1-10-8-9-14(24-10)16-15(11(2)19-18(25)21-16)17(22)20-12-6-4-5-7-13(12)23-3/h4-9,15-16H,2H2,1,3H3,(H,20,22)(H2,19,21,25)/t15-,16-/m1/s1. The van der Waals surface area contributed by atoms with Crippen molar-refractivity contribution in [3.05, 3.63) is 60.2 Å². The van der Waals surface area contributed by atoms with Crippen LogP contribution in [0.3, 0.4) is 0 Å². The highest BCUT2D eigenvalue weighted by atomic mass is 32.1. The fourth-order valence-corrected chi connectivity index (χ4v) is 3.07. The number of para-hydroxylation sites is 2. The summed E-state index contributed by atoms with van der Waals surface area (Å²) < 4.78 is 11.0. The van der Waals surface area contributed by atoms with Crippen molar-refractivity contribution < 1.29 is 13.9 Å². The zero-order valence-corrected chi connectivity index (χ0v) is 14.8. The minimum atomic E-state index is -0.609. The lowest BCUT2D eigenvalue weighted by Crippen LogP contribution is -2.51. The van der Waals surface area contributed by atoms with E-state index in [9.17, 15) is 4.79 Å². The molecule has 0 saturated carbocycles. The maximum Gasteiger partial charge on any atom is 0.236 e. The number of thiocarbonyl (C=S) groups is 1. The summed E-state index contributed by atoms with van der Waals surface area (Å²) in [5.74, 6) is 1.12. The molecule has 1 aliphatic heterocycles. The summed E-state index contributed by atoms with van der Waals surface area (Å²) in [4.78, 5) is 13.0. The largest absolute Gasteiger partial charge is 0.495 e. The highest BCUT2D eigenvalue weighted by molar-refractivity contribution is 7.80. The summed E-state index contributed by atoms with van der Waals surface area (Å²) in [6.45, 7) is 5.81. The first-order valence-corrected chi connectivity index (χ1v) is 8.17. The van der Waals surface area contributed by atoms with E-state index < -0.39 is 12.0 Å². The van der Waals surface area contributed by atoms with Gasteiger partial charge >= 0.3 is 0 Å². The van der Waals surface area contributed by atoms with Crippen molar-refractivity contribution in [3.63, 3.8) is 0 Å². The first-order chi connectivity index (χ1) is 12.0. The molecule has 3 rings (SSSR count). The Hall–Kier alpha value is -2.80. The van der Waals surface area contributed by atoms with Crippen LogP contribution in [0.4, 0.5) is 5.69 Å². The molecule has 7 heteroatoms. The van der Waals surface area contributed by atoms with E-state index in [0.29, 0.717) is 28.0 Å². The Balaban J connectivity index is 1.89. The van der Waals surface area contributed by atoms with E-state index >= 15 is 0 Å². The summed E-state index contributed by atoms with van der Waals surface area (Å²) in [5, 5.41) is 9.32. The predicted octanol–water partition coefficient (Wildman–Crippen LogP) is 2.88. The van der Waals surface area contributed by atoms with Gasteiger partial charge in [0, 0.05) is 5.70 Å². The van der Waals surface area contributed by atoms with E-state index in [4.69, 9.17) is 21.4 Å². The molecule has 1 aromatic carbocycles. The molecule has 1 fully saturated rings. The van der Waals surface area contributed by atoms with Crippen LogP contribution in [0.25, 0.3) is 0 Å². The Labute approximate surface area is 151 Å². The Morgan fingerprint density at radius 3 is 2.76 bits per heavy atom. The maximum absolute atomic E-state index is 13.0. The van der Waals surface area contributed by atoms with Crippen LogP contribution in [-0.4, -0.2) is 18.1 Å². The van der Waals surface area contributed by atoms with Crippen molar-refractivity contribution >= 4 is 28.9 Å². The molecular formula is C18H19N3O3S. The van der Waals surface area contributed by atoms with Crippen molar-refractivity contribution in [3.8, 4) is 5.75 Å². The lowest BCUT2D eigenvalue weighted by atomic mass is 9.92. The molecule has 0 spiro atoms. The molecule has 1 aromatic heterocycles. The number of benzene rings is 1. The van der Waals surface area contributed by atoms with Crippen LogP contribution in [-0.2, 0) is 4.79 Å². The number of carbonyl (C=O) groups is 1. The lowest BCUT2D eigenvalue weighted by molar-refractivity contribution is -0.119. The van der Waals surface area contributed by atoms with Gasteiger partial charge in [0.1, 0.15) is 29.2 Å². The summed E-state index contributed by atoms with van der Waals surface area (Å²) in [6, 6.07) is 10.5. The summed E-state index contributed by atoms with van der Waals surface area (Å²) >= 11 is 5.20. The Bertz CT molecular complexity index is 830. The number of methoxy groups -OCH3 is 1. The highest BCUT2D eigenvalue weighted by Crippen LogP contribution is 2.32. The first kappa shape index (κ1) is 17.0. The fraction of sp³-hybridized carbons (Fsp3) is 0.222. The Kier molecular flexibility index (Phi) is 4.76. The van der Waals surface area contributed by atoms with Crippen LogP contribution in [0.15, 0.2) is 53.1 Å². The average Bonchev–Trinajstić information content (AvgIpc) is 3.01. The van der Waals surface area contributed by atoms with Crippen molar-refractivity contribution in [2.24, 2.45) is 5.92 Å². The third-order valence-corrected chi connectivity index (χ3v) is 4.20. The summed E-state index contributed by atoms with van der Waals surface area (Å²) in [6.07, 6.45) is 0. The topological polar surface area (TPSA) is 75.5 Å². The minimum Gasteiger partial charge on any atom is -0.495 e. The number of ether oxygens (including phenoxy) is 1. The van der Waals surface area contributed by atoms with Crippen LogP contribution in [0.2, 0.25) is 0 Å². The second-order valence-electron chi connectivity index (χ2n) is 5.72. The number of rotatable bonds is 4. The van der Waals surface area contributed by atoms with E-state index in [2.05, 4.69) is 22.5 Å². The monoisotopic (exact) mass is 357 g/mol. The molecule has 3 N–H and O–H groups in total. The number of amides is 1. The third-order valence-electron chi connectivity index (χ3n) is 3.98. The number of anilines is 1. The second-order valence-corrected chi connectivity index (χ2v) is 6.13. The van der Waals surface area contributed by atoms with Crippen molar-refractivity contribution in [1.29, 1.82) is 0 Å². The molecule has 2 heterocycles. The molecule has 2 aromatic rings. The summed E-state index contributed by atoms with van der Waals surface area (Å²) in [7, 11) is 1.56. The molecule has 25 heavy (non-hydrogen) atoms. The molecule has 0 bridgehead atoms. The maximum atomic E-state index is 13.0. The van der Waals surface area contributed by atoms with E-state index in [1.54, 1.807) is 19.2 Å². The molecule has 0 unspecified atom stereocenters. The Morgan fingerprint density at radius 1 is 1.32 bits per heavy atom. The van der Waals surface area contributed by atoms with Gasteiger partial charge in [-0.25, -0.2) is 0 Å². The van der Waals surface area contributed by atoms with E-state index in [-0.39, 0.29) is 5.91 Å². The predicted molar refractivity (Wildman–Crippen MR) is 99.3 cm³/mol. The molecule has 1 aliphatic rings. The number of nitrogens with one attached hydrogen (secondary N) is 3. The van der Waals surface area contributed by atoms with Crippen LogP contribution >= 0.6 is 12.2 Å². The molecule has 6 nitrogen and oxygen atoms in total. The SMILES string of the molecule is C=C1NC(=S)N[C@H](c2ccc(C)o2)[C@@H]1C(=O)Nc1ccccc1OC. The van der Waals surface area contributed by atoms with Gasteiger partial charge in [-0.15, -0.1) is 0 Å². The number of aryl methyl sites for hydroxylation is 1. The smallest absolute Gasteiger partial charge is 0.236 e. The second kappa shape index (κ2) is 6.98. The first-order valence-electron chi connectivity index (χ1n) is 7.76. The van der Waals surface area contributed by atoms with Gasteiger partial charge in [-0.1, -0.05) is 18.7 Å². The van der Waals surface area contributed by atoms with E-state index in [0.717, 1.165) is 5.76 Å². The quantitative estimate of drug-likeness (QED) is 0.731. The third kappa shape index (κ3) is 3.51. The van der Waals surface area contributed by atoms with Gasteiger partial charge in [0.25, 0.3) is 0 Å². The van der Waals surface area contributed by atoms with Gasteiger partial charge in [0.15, 0.2) is 5.11 Å². The molecular weight excluding hydrogens is 338 g/mol. The number of furan rings is 1. The van der Waals surface area contributed by atoms with E-state index in [1.807, 2.05) is 31.2 Å². The van der Waals surface area contributed by atoms with Gasteiger partial charge in [0.05, 0.1) is 12.8 Å². The van der Waals surface area contributed by atoms with E-state index in [1.165, 1.54) is 0 Å². The van der Waals surface area contributed by atoms with Crippen molar-refractivity contribution in [2.45, 2.75) is 13.0 Å². The average molecular weight is 357 g/mol. The van der Waals surface area contributed by atoms with Gasteiger partial charge < -0.3 is 25.1 Å². The zero-order valence-electron chi connectivity index (χ0n) is 14.0. The van der Waals surface area contributed by atoms with Crippen LogP contribution in [0.5, 0.6) is 5.75 Å². The van der Waals surface area contributed by atoms with Crippen LogP contribution in [0, 0.1) is 12.8 Å². The minimum absolute atomic E-state index is 0.240. The molecule has 130 valence electrons. The lowest BCUT2D eigenvalue weighted by Gasteiger charge is -2.34. The molecule has 1 saturated heterocycles. The number of hydrogen-bond donors (Lipinski definition) is 3. The van der Waals surface area contributed by atoms with Gasteiger partial charge in [0.2, 0.25) is 5.91 Å². The van der Waals surface area contributed by atoms with Crippen molar-refractivity contribution in [1.82, 2.24) is 10.6 Å². The molecule has 2 atom stereocenters. The normalized spacial score (nSPS) is 19.8. The van der Waals surface area contributed by atoms with Gasteiger partial charge in [-0.3, -0.25) is 4.79 Å². The number of hydrogen-bond acceptors (Lipinski definition) is 4. The molecule has 0 radical (unpaired) electrons. The molecule has 1 amide bonds. The van der Waals surface area contributed by atoms with Gasteiger partial charge in [-0.2, -0.15) is 0 Å². The highest BCUT2D eigenvalue weighted by Gasteiger charge is 2.38. The number of carbonyl (C=O) groups excluding carboxylic acids is 1. The fourth-order valence-electron chi connectivity index (χ4n) is 2.81. The van der Waals surface area contributed by atoms with Crippen LogP contribution < -0.4 is 20.7 Å². The van der Waals surface area contributed by atoms with Crippen LogP contribution in [0.1, 0.15) is 17.6 Å². The zero-order chi connectivity index (χ0) is 18.0.